The zero-order valence-corrected chi connectivity index (χ0v) is 10.2. The van der Waals surface area contributed by atoms with Crippen molar-refractivity contribution in [3.63, 3.8) is 0 Å². The molecule has 0 aliphatic heterocycles. The lowest BCUT2D eigenvalue weighted by molar-refractivity contribution is 0.306. The van der Waals surface area contributed by atoms with Crippen molar-refractivity contribution in [3.8, 4) is 5.75 Å². The van der Waals surface area contributed by atoms with E-state index in [4.69, 9.17) is 11.3 Å². The van der Waals surface area contributed by atoms with Crippen molar-refractivity contribution in [1.82, 2.24) is 0 Å². The number of rotatable bonds is 5. The van der Waals surface area contributed by atoms with Crippen molar-refractivity contribution >= 4 is 0 Å². The molecule has 0 saturated carbocycles. The summed E-state index contributed by atoms with van der Waals surface area (Å²) in [5.74, 6) is 0.866. The first-order chi connectivity index (χ1) is 8.88. The molecule has 0 atom stereocenters. The van der Waals surface area contributed by atoms with E-state index in [1.165, 1.54) is 5.56 Å². The second-order valence-corrected chi connectivity index (χ2v) is 4.05. The topological polar surface area (TPSA) is 13.6 Å². The quantitative estimate of drug-likeness (QED) is 0.722. The molecule has 0 aliphatic rings. The van der Waals surface area contributed by atoms with Gasteiger partial charge >= 0.3 is 0 Å². The van der Waals surface area contributed by atoms with Crippen LogP contribution >= 0.6 is 0 Å². The second kappa shape index (κ2) is 6.46. The Bertz CT molecular complexity index is 511. The lowest BCUT2D eigenvalue weighted by Gasteiger charge is -2.06. The molecule has 0 N–H and O–H groups in total. The van der Waals surface area contributed by atoms with Gasteiger partial charge in [-0.2, -0.15) is 0 Å². The molecule has 2 aromatic carbocycles. The third kappa shape index (κ3) is 3.64. The van der Waals surface area contributed by atoms with Crippen LogP contribution in [0.3, 0.4) is 0 Å². The van der Waals surface area contributed by atoms with E-state index in [1.807, 2.05) is 54.6 Å². The van der Waals surface area contributed by atoms with E-state index in [9.17, 15) is 0 Å². The summed E-state index contributed by atoms with van der Waals surface area (Å²) in [6, 6.07) is 18.1. The van der Waals surface area contributed by atoms with E-state index in [1.54, 1.807) is 0 Å². The molecule has 2 nitrogen and oxygen atoms in total. The fourth-order valence-electron chi connectivity index (χ4n) is 1.68. The van der Waals surface area contributed by atoms with Gasteiger partial charge in [0, 0.05) is 6.42 Å². The average Bonchev–Trinajstić information content (AvgIpc) is 2.45. The van der Waals surface area contributed by atoms with Gasteiger partial charge in [-0.15, -0.1) is 0 Å². The van der Waals surface area contributed by atoms with E-state index in [-0.39, 0.29) is 0 Å². The minimum atomic E-state index is 0.546. The van der Waals surface area contributed by atoms with Gasteiger partial charge in [0.2, 0.25) is 6.54 Å². The number of nitrogens with zero attached hydrogens (tertiary/aromatic N) is 1. The van der Waals surface area contributed by atoms with Gasteiger partial charge in [-0.1, -0.05) is 42.5 Å². The molecular weight excluding hydrogens is 222 g/mol. The molecule has 0 aromatic heterocycles. The van der Waals surface area contributed by atoms with Gasteiger partial charge < -0.3 is 9.58 Å². The Morgan fingerprint density at radius 2 is 1.61 bits per heavy atom. The minimum Gasteiger partial charge on any atom is -0.489 e. The van der Waals surface area contributed by atoms with E-state index >= 15 is 0 Å². The van der Waals surface area contributed by atoms with Gasteiger partial charge in [0.1, 0.15) is 12.4 Å². The van der Waals surface area contributed by atoms with Crippen molar-refractivity contribution in [2.24, 2.45) is 0 Å². The molecule has 90 valence electrons. The molecule has 0 unspecified atom stereocenters. The predicted octanol–water partition coefficient (Wildman–Crippen LogP) is 3.73. The molecule has 2 rings (SSSR count). The number of hydrogen-bond donors (Lipinski definition) is 0. The van der Waals surface area contributed by atoms with Crippen LogP contribution in [0.5, 0.6) is 5.75 Å². The van der Waals surface area contributed by atoms with Crippen LogP contribution in [-0.2, 0) is 13.0 Å². The van der Waals surface area contributed by atoms with Gasteiger partial charge in [-0.25, -0.2) is 6.57 Å². The minimum absolute atomic E-state index is 0.546. The summed E-state index contributed by atoms with van der Waals surface area (Å²) in [5.41, 5.74) is 2.34. The summed E-state index contributed by atoms with van der Waals surface area (Å²) >= 11 is 0. The summed E-state index contributed by atoms with van der Waals surface area (Å²) in [6.45, 7) is 7.89. The Labute approximate surface area is 108 Å². The average molecular weight is 237 g/mol. The number of benzene rings is 2. The Morgan fingerprint density at radius 3 is 2.28 bits per heavy atom. The molecular formula is C16H15NO. The molecule has 0 spiro atoms. The SMILES string of the molecule is [C-]#[N+]CCc1ccc(OCc2ccccc2)cc1. The molecule has 0 radical (unpaired) electrons. The zero-order chi connectivity index (χ0) is 12.6. The molecule has 0 fully saturated rings. The van der Waals surface area contributed by atoms with Crippen LogP contribution < -0.4 is 4.74 Å². The Balaban J connectivity index is 1.89. The standard InChI is InChI=1S/C16H15NO/c1-17-12-11-14-7-9-16(10-8-14)18-13-15-5-3-2-4-6-15/h2-10H,11-13H2. The van der Waals surface area contributed by atoms with Crippen LogP contribution in [0.4, 0.5) is 0 Å². The normalized spacial score (nSPS) is 9.72. The largest absolute Gasteiger partial charge is 0.489 e. The third-order valence-corrected chi connectivity index (χ3v) is 2.68. The van der Waals surface area contributed by atoms with Crippen molar-refractivity contribution in [2.75, 3.05) is 6.54 Å². The summed E-state index contributed by atoms with van der Waals surface area (Å²) in [4.78, 5) is 3.35. The van der Waals surface area contributed by atoms with Crippen LogP contribution in [0.2, 0.25) is 0 Å². The highest BCUT2D eigenvalue weighted by molar-refractivity contribution is 5.28. The maximum Gasteiger partial charge on any atom is 0.218 e. The van der Waals surface area contributed by atoms with Crippen molar-refractivity contribution < 1.29 is 4.74 Å². The summed E-state index contributed by atoms with van der Waals surface area (Å²) in [7, 11) is 0. The summed E-state index contributed by atoms with van der Waals surface area (Å²) in [5, 5.41) is 0. The second-order valence-electron chi connectivity index (χ2n) is 4.05. The fourth-order valence-corrected chi connectivity index (χ4v) is 1.68. The summed E-state index contributed by atoms with van der Waals surface area (Å²) in [6.07, 6.45) is 0.808. The van der Waals surface area contributed by atoms with E-state index in [0.29, 0.717) is 13.2 Å². The maximum atomic E-state index is 6.76. The Hall–Kier alpha value is -2.27. The molecule has 0 aliphatic carbocycles. The van der Waals surface area contributed by atoms with Crippen molar-refractivity contribution in [2.45, 2.75) is 13.0 Å². The smallest absolute Gasteiger partial charge is 0.218 e. The van der Waals surface area contributed by atoms with Gasteiger partial charge in [0.05, 0.1) is 0 Å². The monoisotopic (exact) mass is 237 g/mol. The Morgan fingerprint density at radius 1 is 0.889 bits per heavy atom. The molecule has 18 heavy (non-hydrogen) atoms. The Kier molecular flexibility index (Phi) is 4.38. The molecule has 0 heterocycles. The summed E-state index contributed by atoms with van der Waals surface area (Å²) < 4.78 is 5.69. The van der Waals surface area contributed by atoms with Crippen LogP contribution in [-0.4, -0.2) is 6.54 Å². The lowest BCUT2D eigenvalue weighted by Crippen LogP contribution is -1.95. The van der Waals surface area contributed by atoms with Crippen LogP contribution in [0.25, 0.3) is 4.85 Å². The maximum absolute atomic E-state index is 6.76. The molecule has 0 bridgehead atoms. The number of ether oxygens (including phenoxy) is 1. The first kappa shape index (κ1) is 12.2. The van der Waals surface area contributed by atoms with Gasteiger partial charge in [0.25, 0.3) is 0 Å². The molecule has 0 saturated heterocycles. The van der Waals surface area contributed by atoms with Crippen LogP contribution in [0.15, 0.2) is 54.6 Å². The first-order valence-electron chi connectivity index (χ1n) is 5.97. The zero-order valence-electron chi connectivity index (χ0n) is 10.2. The number of hydrogen-bond acceptors (Lipinski definition) is 1. The van der Waals surface area contributed by atoms with Gasteiger partial charge in [0.15, 0.2) is 0 Å². The predicted molar refractivity (Wildman–Crippen MR) is 72.4 cm³/mol. The molecule has 2 heteroatoms. The lowest BCUT2D eigenvalue weighted by atomic mass is 10.1. The van der Waals surface area contributed by atoms with Crippen LogP contribution in [0, 0.1) is 6.57 Å². The molecule has 0 amide bonds. The van der Waals surface area contributed by atoms with Crippen LogP contribution in [0.1, 0.15) is 11.1 Å². The van der Waals surface area contributed by atoms with E-state index < -0.39 is 0 Å². The molecule has 2 aromatic rings. The highest BCUT2D eigenvalue weighted by Gasteiger charge is 1.98. The van der Waals surface area contributed by atoms with E-state index in [0.717, 1.165) is 17.7 Å². The van der Waals surface area contributed by atoms with Gasteiger partial charge in [-0.05, 0) is 23.3 Å². The highest BCUT2D eigenvalue weighted by Crippen LogP contribution is 2.14. The van der Waals surface area contributed by atoms with Gasteiger partial charge in [-0.3, -0.25) is 0 Å². The fraction of sp³-hybridized carbons (Fsp3) is 0.188. The highest BCUT2D eigenvalue weighted by atomic mass is 16.5. The van der Waals surface area contributed by atoms with Crippen molar-refractivity contribution in [3.05, 3.63) is 77.1 Å². The van der Waals surface area contributed by atoms with E-state index in [2.05, 4.69) is 4.85 Å². The first-order valence-corrected chi connectivity index (χ1v) is 5.97. The van der Waals surface area contributed by atoms with Crippen molar-refractivity contribution in [1.29, 1.82) is 0 Å². The third-order valence-electron chi connectivity index (χ3n) is 2.68.